The smallest absolute Gasteiger partial charge is 0.310 e. The monoisotopic (exact) mass is 248 g/mol. The summed E-state index contributed by atoms with van der Waals surface area (Å²) in [7, 11) is 1.40. The van der Waals surface area contributed by atoms with E-state index in [0.717, 1.165) is 14.2 Å². The minimum absolute atomic E-state index is 0.188. The molecule has 0 atom stereocenters. The van der Waals surface area contributed by atoms with Gasteiger partial charge in [-0.2, -0.15) is 0 Å². The molecule has 4 heteroatoms. The molecule has 0 bridgehead atoms. The summed E-state index contributed by atoms with van der Waals surface area (Å²) in [6, 6.07) is 2.00. The van der Waals surface area contributed by atoms with E-state index < -0.39 is 0 Å². The molecular weight excluding hydrogens is 240 g/mol. The Hall–Kier alpha value is -0.350. The Morgan fingerprint density at radius 2 is 2.42 bits per heavy atom. The third-order valence-electron chi connectivity index (χ3n) is 1.52. The molecule has 0 aliphatic carbocycles. The van der Waals surface area contributed by atoms with E-state index in [-0.39, 0.29) is 5.97 Å². The highest BCUT2D eigenvalue weighted by atomic mass is 79.9. The minimum Gasteiger partial charge on any atom is -0.469 e. The SMILES string of the molecule is COC(=O)Cc1sc(Br)cc1C. The van der Waals surface area contributed by atoms with Crippen LogP contribution in [0.25, 0.3) is 0 Å². The first-order valence-electron chi connectivity index (χ1n) is 3.45. The fraction of sp³-hybridized carbons (Fsp3) is 0.375. The van der Waals surface area contributed by atoms with Crippen molar-refractivity contribution in [2.75, 3.05) is 7.11 Å². The van der Waals surface area contributed by atoms with Crippen molar-refractivity contribution >= 4 is 33.2 Å². The Morgan fingerprint density at radius 3 is 2.83 bits per heavy atom. The van der Waals surface area contributed by atoms with Crippen LogP contribution in [-0.2, 0) is 16.0 Å². The normalized spacial score (nSPS) is 9.92. The molecule has 0 aliphatic rings. The first-order valence-corrected chi connectivity index (χ1v) is 5.06. The van der Waals surface area contributed by atoms with Gasteiger partial charge in [-0.05, 0) is 34.5 Å². The average molecular weight is 249 g/mol. The van der Waals surface area contributed by atoms with Crippen molar-refractivity contribution in [1.29, 1.82) is 0 Å². The lowest BCUT2D eigenvalue weighted by Gasteiger charge is -1.96. The van der Waals surface area contributed by atoms with Crippen LogP contribution in [-0.4, -0.2) is 13.1 Å². The number of esters is 1. The van der Waals surface area contributed by atoms with E-state index in [1.165, 1.54) is 7.11 Å². The largest absolute Gasteiger partial charge is 0.469 e. The number of thiophene rings is 1. The molecule has 1 aromatic rings. The Kier molecular flexibility index (Phi) is 3.29. The summed E-state index contributed by atoms with van der Waals surface area (Å²) < 4.78 is 5.63. The number of carbonyl (C=O) groups is 1. The molecule has 0 N–H and O–H groups in total. The Labute approximate surface area is 83.7 Å². The molecule has 12 heavy (non-hydrogen) atoms. The van der Waals surface area contributed by atoms with Gasteiger partial charge in [-0.15, -0.1) is 11.3 Å². The molecular formula is C8H9BrO2S. The van der Waals surface area contributed by atoms with Gasteiger partial charge in [-0.25, -0.2) is 0 Å². The maximum absolute atomic E-state index is 10.9. The number of methoxy groups -OCH3 is 1. The first-order chi connectivity index (χ1) is 5.63. The number of rotatable bonds is 2. The van der Waals surface area contributed by atoms with Crippen LogP contribution in [0.4, 0.5) is 0 Å². The van der Waals surface area contributed by atoms with Gasteiger partial charge in [0.15, 0.2) is 0 Å². The van der Waals surface area contributed by atoms with Crippen LogP contribution in [0.15, 0.2) is 9.85 Å². The second-order valence-corrected chi connectivity index (χ2v) is 4.93. The van der Waals surface area contributed by atoms with Crippen LogP contribution in [0.1, 0.15) is 10.4 Å². The van der Waals surface area contributed by atoms with E-state index in [1.54, 1.807) is 11.3 Å². The van der Waals surface area contributed by atoms with E-state index in [2.05, 4.69) is 20.7 Å². The van der Waals surface area contributed by atoms with Gasteiger partial charge in [0.1, 0.15) is 0 Å². The van der Waals surface area contributed by atoms with Crippen LogP contribution in [0, 0.1) is 6.92 Å². The topological polar surface area (TPSA) is 26.3 Å². The van der Waals surface area contributed by atoms with Crippen molar-refractivity contribution in [2.45, 2.75) is 13.3 Å². The van der Waals surface area contributed by atoms with E-state index >= 15 is 0 Å². The zero-order valence-electron chi connectivity index (χ0n) is 6.89. The molecule has 0 amide bonds. The molecule has 0 saturated heterocycles. The predicted molar refractivity (Wildman–Crippen MR) is 52.5 cm³/mol. The van der Waals surface area contributed by atoms with Crippen LogP contribution >= 0.6 is 27.3 Å². The lowest BCUT2D eigenvalue weighted by molar-refractivity contribution is -0.139. The van der Waals surface area contributed by atoms with E-state index in [4.69, 9.17) is 0 Å². The Morgan fingerprint density at radius 1 is 1.75 bits per heavy atom. The highest BCUT2D eigenvalue weighted by molar-refractivity contribution is 9.11. The summed E-state index contributed by atoms with van der Waals surface area (Å²) in [6.45, 7) is 1.99. The van der Waals surface area contributed by atoms with Gasteiger partial charge < -0.3 is 4.74 Å². The molecule has 0 unspecified atom stereocenters. The number of hydrogen-bond donors (Lipinski definition) is 0. The summed E-state index contributed by atoms with van der Waals surface area (Å²) in [5.74, 6) is -0.188. The molecule has 66 valence electrons. The van der Waals surface area contributed by atoms with Crippen LogP contribution in [0.5, 0.6) is 0 Å². The maximum Gasteiger partial charge on any atom is 0.310 e. The van der Waals surface area contributed by atoms with Gasteiger partial charge in [0, 0.05) is 4.88 Å². The summed E-state index contributed by atoms with van der Waals surface area (Å²) in [5, 5.41) is 0. The summed E-state index contributed by atoms with van der Waals surface area (Å²) in [6.07, 6.45) is 0.374. The van der Waals surface area contributed by atoms with Gasteiger partial charge in [-0.1, -0.05) is 0 Å². The van der Waals surface area contributed by atoms with Crippen molar-refractivity contribution in [3.63, 3.8) is 0 Å². The zero-order chi connectivity index (χ0) is 9.14. The van der Waals surface area contributed by atoms with E-state index in [9.17, 15) is 4.79 Å². The van der Waals surface area contributed by atoms with Gasteiger partial charge in [0.05, 0.1) is 17.3 Å². The second-order valence-electron chi connectivity index (χ2n) is 2.41. The first kappa shape index (κ1) is 9.74. The minimum atomic E-state index is -0.188. The molecule has 2 nitrogen and oxygen atoms in total. The molecule has 0 fully saturated rings. The number of ether oxygens (including phenoxy) is 1. The van der Waals surface area contributed by atoms with Gasteiger partial charge in [0.2, 0.25) is 0 Å². The van der Waals surface area contributed by atoms with Crippen molar-refractivity contribution in [1.82, 2.24) is 0 Å². The molecule has 0 aliphatic heterocycles. The molecule has 1 aromatic heterocycles. The van der Waals surface area contributed by atoms with Crippen molar-refractivity contribution in [3.05, 3.63) is 20.3 Å². The quantitative estimate of drug-likeness (QED) is 0.753. The zero-order valence-corrected chi connectivity index (χ0v) is 9.29. The van der Waals surface area contributed by atoms with Crippen LogP contribution < -0.4 is 0 Å². The molecule has 0 aromatic carbocycles. The third-order valence-corrected chi connectivity index (χ3v) is 3.26. The average Bonchev–Trinajstić information content (AvgIpc) is 2.30. The number of halogens is 1. The molecule has 1 heterocycles. The highest BCUT2D eigenvalue weighted by Crippen LogP contribution is 2.26. The fourth-order valence-corrected chi connectivity index (χ4v) is 2.67. The number of hydrogen-bond acceptors (Lipinski definition) is 3. The maximum atomic E-state index is 10.9. The molecule has 0 radical (unpaired) electrons. The standard InChI is InChI=1S/C8H9BrO2S/c1-5-3-7(9)12-6(5)4-8(10)11-2/h3H,4H2,1-2H3. The van der Waals surface area contributed by atoms with Crippen molar-refractivity contribution in [2.24, 2.45) is 0 Å². The molecule has 0 saturated carbocycles. The molecule has 1 rings (SSSR count). The Balaban J connectivity index is 2.75. The lowest BCUT2D eigenvalue weighted by atomic mass is 10.2. The van der Waals surface area contributed by atoms with Gasteiger partial charge in [0.25, 0.3) is 0 Å². The van der Waals surface area contributed by atoms with E-state index in [0.29, 0.717) is 6.42 Å². The summed E-state index contributed by atoms with van der Waals surface area (Å²) in [5.41, 5.74) is 1.14. The number of carbonyl (C=O) groups excluding carboxylic acids is 1. The van der Waals surface area contributed by atoms with E-state index in [1.807, 2.05) is 13.0 Å². The molecule has 0 spiro atoms. The summed E-state index contributed by atoms with van der Waals surface area (Å²) >= 11 is 4.94. The van der Waals surface area contributed by atoms with Crippen molar-refractivity contribution in [3.8, 4) is 0 Å². The third kappa shape index (κ3) is 2.32. The summed E-state index contributed by atoms with van der Waals surface area (Å²) in [4.78, 5) is 12.0. The van der Waals surface area contributed by atoms with Gasteiger partial charge in [-0.3, -0.25) is 4.79 Å². The van der Waals surface area contributed by atoms with Crippen LogP contribution in [0.3, 0.4) is 0 Å². The van der Waals surface area contributed by atoms with Crippen LogP contribution in [0.2, 0.25) is 0 Å². The highest BCUT2D eigenvalue weighted by Gasteiger charge is 2.08. The predicted octanol–water partition coefficient (Wildman–Crippen LogP) is 2.53. The fourth-order valence-electron chi connectivity index (χ4n) is 0.857. The van der Waals surface area contributed by atoms with Gasteiger partial charge >= 0.3 is 5.97 Å². The Bertz CT molecular complexity index is 293. The number of aryl methyl sites for hydroxylation is 1. The second kappa shape index (κ2) is 4.05. The van der Waals surface area contributed by atoms with Crippen molar-refractivity contribution < 1.29 is 9.53 Å². The lowest BCUT2D eigenvalue weighted by Crippen LogP contribution is -2.03.